The van der Waals surface area contributed by atoms with Crippen LogP contribution in [-0.2, 0) is 4.74 Å². The molecular formula is C15H25N3O2. The Labute approximate surface area is 121 Å². The van der Waals surface area contributed by atoms with Crippen LogP contribution in [0.3, 0.4) is 0 Å². The van der Waals surface area contributed by atoms with E-state index in [0.29, 0.717) is 12.6 Å². The number of aromatic nitrogens is 1. The fourth-order valence-electron chi connectivity index (χ4n) is 2.60. The summed E-state index contributed by atoms with van der Waals surface area (Å²) in [5.41, 5.74) is 1.19. The Kier molecular flexibility index (Phi) is 5.34. The Morgan fingerprint density at radius 1 is 1.50 bits per heavy atom. The highest BCUT2D eigenvalue weighted by Crippen LogP contribution is 2.20. The van der Waals surface area contributed by atoms with E-state index in [9.17, 15) is 5.11 Å². The van der Waals surface area contributed by atoms with Gasteiger partial charge in [0.2, 0.25) is 0 Å². The Balaban J connectivity index is 2.05. The van der Waals surface area contributed by atoms with Crippen LogP contribution in [0.25, 0.3) is 0 Å². The molecule has 1 saturated heterocycles. The molecule has 0 bridgehead atoms. The summed E-state index contributed by atoms with van der Waals surface area (Å²) in [4.78, 5) is 6.73. The van der Waals surface area contributed by atoms with Crippen molar-refractivity contribution in [3.63, 3.8) is 0 Å². The summed E-state index contributed by atoms with van der Waals surface area (Å²) >= 11 is 0. The summed E-state index contributed by atoms with van der Waals surface area (Å²) < 4.78 is 5.65. The van der Waals surface area contributed by atoms with E-state index in [2.05, 4.69) is 41.2 Å². The van der Waals surface area contributed by atoms with E-state index in [1.807, 2.05) is 13.1 Å². The predicted molar refractivity (Wildman–Crippen MR) is 80.0 cm³/mol. The molecule has 2 rings (SSSR count). The van der Waals surface area contributed by atoms with Crippen LogP contribution >= 0.6 is 0 Å². The smallest absolute Gasteiger partial charge is 0.128 e. The number of nitrogens with zero attached hydrogens (tertiary/aromatic N) is 2. The van der Waals surface area contributed by atoms with Crippen LogP contribution in [0, 0.1) is 0 Å². The molecule has 1 aromatic rings. The zero-order valence-corrected chi connectivity index (χ0v) is 12.5. The number of morpholine rings is 1. The van der Waals surface area contributed by atoms with E-state index in [0.717, 1.165) is 18.9 Å². The third kappa shape index (κ3) is 3.69. The van der Waals surface area contributed by atoms with Crippen LogP contribution in [0.1, 0.15) is 32.4 Å². The zero-order chi connectivity index (χ0) is 14.5. The van der Waals surface area contributed by atoms with Gasteiger partial charge in [0.05, 0.1) is 18.8 Å². The SMILES string of the molecule is CCNC(C)c1ccc(N2CC(C)OC(CO)C2)nc1. The predicted octanol–water partition coefficient (Wildman–Crippen LogP) is 1.34. The fraction of sp³-hybridized carbons (Fsp3) is 0.667. The highest BCUT2D eigenvalue weighted by atomic mass is 16.5. The summed E-state index contributed by atoms with van der Waals surface area (Å²) in [5, 5.41) is 12.6. The molecule has 0 spiro atoms. The summed E-state index contributed by atoms with van der Waals surface area (Å²) in [6, 6.07) is 4.48. The van der Waals surface area contributed by atoms with Crippen LogP contribution in [-0.4, -0.2) is 48.5 Å². The van der Waals surface area contributed by atoms with Gasteiger partial charge in [-0.1, -0.05) is 13.0 Å². The van der Waals surface area contributed by atoms with Crippen LogP contribution in [0.4, 0.5) is 5.82 Å². The number of rotatable bonds is 5. The number of ether oxygens (including phenoxy) is 1. The molecule has 1 aliphatic heterocycles. The molecule has 1 aromatic heterocycles. The van der Waals surface area contributed by atoms with Crippen molar-refractivity contribution in [1.82, 2.24) is 10.3 Å². The van der Waals surface area contributed by atoms with Gasteiger partial charge >= 0.3 is 0 Å². The van der Waals surface area contributed by atoms with Gasteiger partial charge < -0.3 is 20.1 Å². The van der Waals surface area contributed by atoms with Crippen molar-refractivity contribution in [3.05, 3.63) is 23.9 Å². The molecule has 5 heteroatoms. The minimum absolute atomic E-state index is 0.0520. The lowest BCUT2D eigenvalue weighted by Crippen LogP contribution is -2.48. The van der Waals surface area contributed by atoms with Crippen molar-refractivity contribution in [2.24, 2.45) is 0 Å². The third-order valence-electron chi connectivity index (χ3n) is 3.63. The van der Waals surface area contributed by atoms with Gasteiger partial charge in [-0.05, 0) is 32.0 Å². The average Bonchev–Trinajstić information content (AvgIpc) is 2.47. The second-order valence-corrected chi connectivity index (χ2v) is 5.39. The van der Waals surface area contributed by atoms with Gasteiger partial charge in [0.25, 0.3) is 0 Å². The van der Waals surface area contributed by atoms with E-state index < -0.39 is 0 Å². The van der Waals surface area contributed by atoms with Crippen molar-refractivity contribution < 1.29 is 9.84 Å². The van der Waals surface area contributed by atoms with Crippen LogP contribution in [0.2, 0.25) is 0 Å². The Hall–Kier alpha value is -1.17. The second kappa shape index (κ2) is 7.02. The Morgan fingerprint density at radius 3 is 2.90 bits per heavy atom. The minimum Gasteiger partial charge on any atom is -0.394 e. The highest BCUT2D eigenvalue weighted by molar-refractivity contribution is 5.40. The van der Waals surface area contributed by atoms with Crippen molar-refractivity contribution in [3.8, 4) is 0 Å². The van der Waals surface area contributed by atoms with Gasteiger partial charge in [-0.3, -0.25) is 0 Å². The molecule has 20 heavy (non-hydrogen) atoms. The number of aliphatic hydroxyl groups is 1. The first-order valence-electron chi connectivity index (χ1n) is 7.34. The number of aliphatic hydroxyl groups excluding tert-OH is 1. The van der Waals surface area contributed by atoms with Gasteiger partial charge in [0.15, 0.2) is 0 Å². The summed E-state index contributed by atoms with van der Waals surface area (Å²) in [7, 11) is 0. The second-order valence-electron chi connectivity index (χ2n) is 5.39. The van der Waals surface area contributed by atoms with Crippen LogP contribution < -0.4 is 10.2 Å². The minimum atomic E-state index is -0.124. The quantitative estimate of drug-likeness (QED) is 0.852. The molecule has 1 fully saturated rings. The molecule has 1 aliphatic rings. The van der Waals surface area contributed by atoms with Crippen molar-refractivity contribution >= 4 is 5.82 Å². The molecular weight excluding hydrogens is 254 g/mol. The molecule has 2 heterocycles. The largest absolute Gasteiger partial charge is 0.394 e. The van der Waals surface area contributed by atoms with Crippen LogP contribution in [0.5, 0.6) is 0 Å². The number of nitrogens with one attached hydrogen (secondary N) is 1. The summed E-state index contributed by atoms with van der Waals surface area (Å²) in [6.07, 6.45) is 1.92. The molecule has 112 valence electrons. The van der Waals surface area contributed by atoms with Gasteiger partial charge in [0, 0.05) is 25.3 Å². The average molecular weight is 279 g/mol. The van der Waals surface area contributed by atoms with Gasteiger partial charge in [-0.15, -0.1) is 0 Å². The maximum atomic E-state index is 9.27. The zero-order valence-electron chi connectivity index (χ0n) is 12.5. The Bertz CT molecular complexity index is 410. The van der Waals surface area contributed by atoms with Gasteiger partial charge in [-0.25, -0.2) is 4.98 Å². The molecule has 0 radical (unpaired) electrons. The monoisotopic (exact) mass is 279 g/mol. The van der Waals surface area contributed by atoms with E-state index >= 15 is 0 Å². The van der Waals surface area contributed by atoms with Gasteiger partial charge in [0.1, 0.15) is 5.82 Å². The molecule has 0 amide bonds. The number of anilines is 1. The molecule has 0 aliphatic carbocycles. The first-order chi connectivity index (χ1) is 9.63. The lowest BCUT2D eigenvalue weighted by Gasteiger charge is -2.36. The van der Waals surface area contributed by atoms with Crippen LogP contribution in [0.15, 0.2) is 18.3 Å². The molecule has 3 unspecified atom stereocenters. The highest BCUT2D eigenvalue weighted by Gasteiger charge is 2.25. The first-order valence-corrected chi connectivity index (χ1v) is 7.34. The molecule has 3 atom stereocenters. The normalized spacial score (nSPS) is 24.7. The standard InChI is InChI=1S/C15H25N3O2/c1-4-16-12(3)13-5-6-15(17-7-13)18-8-11(2)20-14(9-18)10-19/h5-7,11-12,14,16,19H,4,8-10H2,1-3H3. The van der Waals surface area contributed by atoms with Crippen molar-refractivity contribution in [2.75, 3.05) is 31.1 Å². The Morgan fingerprint density at radius 2 is 2.30 bits per heavy atom. The topological polar surface area (TPSA) is 57.6 Å². The number of hydrogen-bond donors (Lipinski definition) is 2. The lowest BCUT2D eigenvalue weighted by atomic mass is 10.1. The van der Waals surface area contributed by atoms with E-state index in [1.165, 1.54) is 5.56 Å². The maximum absolute atomic E-state index is 9.27. The van der Waals surface area contributed by atoms with Gasteiger partial charge in [-0.2, -0.15) is 0 Å². The summed E-state index contributed by atoms with van der Waals surface area (Å²) in [5.74, 6) is 0.950. The van der Waals surface area contributed by atoms with Crippen molar-refractivity contribution in [2.45, 2.75) is 39.0 Å². The van der Waals surface area contributed by atoms with E-state index in [4.69, 9.17) is 4.74 Å². The maximum Gasteiger partial charge on any atom is 0.128 e. The number of hydrogen-bond acceptors (Lipinski definition) is 5. The van der Waals surface area contributed by atoms with E-state index in [-0.39, 0.29) is 18.8 Å². The molecule has 5 nitrogen and oxygen atoms in total. The first kappa shape index (κ1) is 15.2. The fourth-order valence-corrected chi connectivity index (χ4v) is 2.60. The molecule has 0 aromatic carbocycles. The number of pyridine rings is 1. The lowest BCUT2D eigenvalue weighted by molar-refractivity contribution is -0.0423. The molecule has 2 N–H and O–H groups in total. The van der Waals surface area contributed by atoms with Crippen molar-refractivity contribution in [1.29, 1.82) is 0 Å². The third-order valence-corrected chi connectivity index (χ3v) is 3.63. The summed E-state index contributed by atoms with van der Waals surface area (Å²) in [6.45, 7) is 8.76. The van der Waals surface area contributed by atoms with E-state index in [1.54, 1.807) is 0 Å². The molecule has 0 saturated carbocycles.